The van der Waals surface area contributed by atoms with Crippen LogP contribution in [0.5, 0.6) is 0 Å². The summed E-state index contributed by atoms with van der Waals surface area (Å²) in [4.78, 5) is 10.6. The minimum absolute atomic E-state index is 0.148. The van der Waals surface area contributed by atoms with Gasteiger partial charge in [-0.15, -0.1) is 0 Å². The molecule has 0 radical (unpaired) electrons. The normalized spacial score (nSPS) is 22.3. The second-order valence-electron chi connectivity index (χ2n) is 2.15. The van der Waals surface area contributed by atoms with Gasteiger partial charge >= 0.3 is 0 Å². The Morgan fingerprint density at radius 3 is 2.64 bits per heavy atom. The van der Waals surface area contributed by atoms with Gasteiger partial charge in [0.15, 0.2) is 9.84 Å². The lowest BCUT2D eigenvalue weighted by Crippen LogP contribution is -2.14. The lowest BCUT2D eigenvalue weighted by atomic mass is 10.7. The van der Waals surface area contributed by atoms with E-state index in [0.29, 0.717) is 10.8 Å². The van der Waals surface area contributed by atoms with Crippen LogP contribution in [0.4, 0.5) is 0 Å². The first-order valence-corrected chi connectivity index (χ1v) is 5.76. The lowest BCUT2D eigenvalue weighted by molar-refractivity contribution is -0.117. The van der Waals surface area contributed by atoms with Crippen molar-refractivity contribution in [2.45, 2.75) is 0 Å². The van der Waals surface area contributed by atoms with E-state index in [1.54, 1.807) is 0 Å². The summed E-state index contributed by atoms with van der Waals surface area (Å²) in [6, 6.07) is 0. The number of nitrogens with one attached hydrogen (secondary N) is 1. The van der Waals surface area contributed by atoms with Gasteiger partial charge in [-0.05, 0) is 0 Å². The summed E-state index contributed by atoms with van der Waals surface area (Å²) in [6.07, 6.45) is 1.09. The van der Waals surface area contributed by atoms with Gasteiger partial charge in [-0.25, -0.2) is 8.42 Å². The SMILES string of the molecule is CS(=O)(=O)C=C1NC(=O)CS1. The third kappa shape index (κ3) is 2.94. The van der Waals surface area contributed by atoms with Crippen molar-refractivity contribution in [3.05, 3.63) is 10.4 Å². The zero-order chi connectivity index (χ0) is 8.48. The van der Waals surface area contributed by atoms with Gasteiger partial charge in [0.05, 0.1) is 16.2 Å². The average molecular weight is 193 g/mol. The molecule has 1 N–H and O–H groups in total. The van der Waals surface area contributed by atoms with Crippen LogP contribution in [0.3, 0.4) is 0 Å². The van der Waals surface area contributed by atoms with E-state index < -0.39 is 9.84 Å². The van der Waals surface area contributed by atoms with Crippen molar-refractivity contribution in [3.8, 4) is 0 Å². The fraction of sp³-hybridized carbons (Fsp3) is 0.400. The minimum Gasteiger partial charge on any atom is -0.319 e. The number of carbonyl (C=O) groups excluding carboxylic acids is 1. The van der Waals surface area contributed by atoms with Gasteiger partial charge in [0.25, 0.3) is 0 Å². The summed E-state index contributed by atoms with van der Waals surface area (Å²) in [5, 5.41) is 3.89. The predicted molar refractivity (Wildman–Crippen MR) is 43.5 cm³/mol. The first-order chi connectivity index (χ1) is 4.97. The first kappa shape index (κ1) is 8.61. The Bertz CT molecular complexity index is 304. The Hall–Kier alpha value is -0.490. The van der Waals surface area contributed by atoms with E-state index in [4.69, 9.17) is 0 Å². The highest BCUT2D eigenvalue weighted by atomic mass is 32.2. The molecule has 0 aromatic heterocycles. The van der Waals surface area contributed by atoms with Crippen molar-refractivity contribution in [3.63, 3.8) is 0 Å². The van der Waals surface area contributed by atoms with Gasteiger partial charge in [0, 0.05) is 6.26 Å². The van der Waals surface area contributed by atoms with E-state index in [-0.39, 0.29) is 5.91 Å². The van der Waals surface area contributed by atoms with Gasteiger partial charge in [-0.2, -0.15) is 0 Å². The van der Waals surface area contributed by atoms with Gasteiger partial charge in [0.1, 0.15) is 0 Å². The third-order valence-electron chi connectivity index (χ3n) is 0.942. The molecule has 6 heteroatoms. The molecule has 62 valence electrons. The van der Waals surface area contributed by atoms with Crippen LogP contribution >= 0.6 is 11.8 Å². The molecule has 4 nitrogen and oxygen atoms in total. The number of amides is 1. The molecule has 11 heavy (non-hydrogen) atoms. The van der Waals surface area contributed by atoms with E-state index in [2.05, 4.69) is 5.32 Å². The highest BCUT2D eigenvalue weighted by Gasteiger charge is 2.16. The van der Waals surface area contributed by atoms with E-state index >= 15 is 0 Å². The Kier molecular flexibility index (Phi) is 2.24. The van der Waals surface area contributed by atoms with Crippen molar-refractivity contribution in [2.75, 3.05) is 12.0 Å². The Morgan fingerprint density at radius 1 is 1.64 bits per heavy atom. The van der Waals surface area contributed by atoms with Crippen molar-refractivity contribution in [1.29, 1.82) is 0 Å². The summed E-state index contributed by atoms with van der Waals surface area (Å²) in [5.41, 5.74) is 0. The average Bonchev–Trinajstić information content (AvgIpc) is 2.10. The smallest absolute Gasteiger partial charge is 0.235 e. The molecule has 1 amide bonds. The maximum Gasteiger partial charge on any atom is 0.235 e. The molecule has 0 spiro atoms. The van der Waals surface area contributed by atoms with Crippen LogP contribution in [0.25, 0.3) is 0 Å². The molecule has 0 atom stereocenters. The number of sulfone groups is 1. The number of carbonyl (C=O) groups is 1. The summed E-state index contributed by atoms with van der Waals surface area (Å²) >= 11 is 1.20. The van der Waals surface area contributed by atoms with Gasteiger partial charge in [0.2, 0.25) is 5.91 Å². The third-order valence-corrected chi connectivity index (χ3v) is 2.69. The van der Waals surface area contributed by atoms with Crippen LogP contribution in [0.1, 0.15) is 0 Å². The molecule has 0 aromatic rings. The van der Waals surface area contributed by atoms with Crippen LogP contribution in [0, 0.1) is 0 Å². The minimum atomic E-state index is -3.13. The lowest BCUT2D eigenvalue weighted by Gasteiger charge is -1.92. The molecule has 0 saturated carbocycles. The first-order valence-electron chi connectivity index (χ1n) is 2.82. The molecule has 0 aliphatic carbocycles. The fourth-order valence-corrected chi connectivity index (χ4v) is 2.40. The van der Waals surface area contributed by atoms with E-state index in [9.17, 15) is 13.2 Å². The van der Waals surface area contributed by atoms with Crippen LogP contribution in [-0.2, 0) is 14.6 Å². The van der Waals surface area contributed by atoms with E-state index in [1.807, 2.05) is 0 Å². The molecular weight excluding hydrogens is 186 g/mol. The van der Waals surface area contributed by atoms with Crippen LogP contribution < -0.4 is 5.32 Å². The second kappa shape index (κ2) is 2.86. The van der Waals surface area contributed by atoms with Crippen molar-refractivity contribution in [1.82, 2.24) is 5.32 Å². The highest BCUT2D eigenvalue weighted by molar-refractivity contribution is 8.05. The van der Waals surface area contributed by atoms with E-state index in [1.165, 1.54) is 11.8 Å². The molecule has 1 saturated heterocycles. The van der Waals surface area contributed by atoms with Crippen LogP contribution in [0.15, 0.2) is 10.4 Å². The number of rotatable bonds is 1. The second-order valence-corrected chi connectivity index (χ2v) is 5.06. The zero-order valence-corrected chi connectivity index (χ0v) is 7.46. The predicted octanol–water partition coefficient (Wildman–Crippen LogP) is -0.307. The number of hydrogen-bond acceptors (Lipinski definition) is 4. The maximum absolute atomic E-state index is 10.7. The fourth-order valence-electron chi connectivity index (χ4n) is 0.611. The van der Waals surface area contributed by atoms with E-state index in [0.717, 1.165) is 11.7 Å². The molecule has 1 rings (SSSR count). The molecule has 0 bridgehead atoms. The largest absolute Gasteiger partial charge is 0.319 e. The molecule has 0 aromatic carbocycles. The van der Waals surface area contributed by atoms with Gasteiger partial charge in [-0.3, -0.25) is 4.79 Å². The number of hydrogen-bond donors (Lipinski definition) is 1. The zero-order valence-electron chi connectivity index (χ0n) is 5.83. The molecule has 1 fully saturated rings. The van der Waals surface area contributed by atoms with Gasteiger partial charge < -0.3 is 5.32 Å². The molecule has 0 unspecified atom stereocenters. The van der Waals surface area contributed by atoms with Gasteiger partial charge in [-0.1, -0.05) is 11.8 Å². The van der Waals surface area contributed by atoms with Crippen molar-refractivity contribution >= 4 is 27.5 Å². The summed E-state index contributed by atoms with van der Waals surface area (Å²) < 4.78 is 21.3. The van der Waals surface area contributed by atoms with Crippen LogP contribution in [0.2, 0.25) is 0 Å². The standard InChI is InChI=1S/C5H7NO3S2/c1-11(8,9)3-5-6-4(7)2-10-5/h3H,2H2,1H3,(H,6,7). The summed E-state index contributed by atoms with van der Waals surface area (Å²) in [7, 11) is -3.13. The molecule has 1 aliphatic heterocycles. The summed E-state index contributed by atoms with van der Waals surface area (Å²) in [5.74, 6) is 0.159. The summed E-state index contributed by atoms with van der Waals surface area (Å²) in [6.45, 7) is 0. The maximum atomic E-state index is 10.7. The monoisotopic (exact) mass is 193 g/mol. The highest BCUT2D eigenvalue weighted by Crippen LogP contribution is 2.19. The Morgan fingerprint density at radius 2 is 2.27 bits per heavy atom. The topological polar surface area (TPSA) is 63.2 Å². The molecule has 1 aliphatic rings. The quantitative estimate of drug-likeness (QED) is 0.620. The number of thioether (sulfide) groups is 1. The molecular formula is C5H7NO3S2. The van der Waals surface area contributed by atoms with Crippen molar-refractivity contribution < 1.29 is 13.2 Å². The molecule has 1 heterocycles. The Balaban J connectivity index is 2.78. The Labute approximate surface area is 69.0 Å². The van der Waals surface area contributed by atoms with Crippen molar-refractivity contribution in [2.24, 2.45) is 0 Å². The van der Waals surface area contributed by atoms with Crippen LogP contribution in [-0.4, -0.2) is 26.3 Å².